The molecule has 146 valence electrons. The molecule has 29 heavy (non-hydrogen) atoms. The number of anilines is 5. The Balaban J connectivity index is 1.57. The van der Waals surface area contributed by atoms with Gasteiger partial charge < -0.3 is 27.0 Å². The van der Waals surface area contributed by atoms with E-state index in [1.165, 1.54) is 18.1 Å². The number of benzene rings is 2. The number of hydrogen-bond donors (Lipinski definition) is 4. The number of aromatic nitrogens is 2. The molecule has 0 aliphatic carbocycles. The summed E-state index contributed by atoms with van der Waals surface area (Å²) < 4.78 is 0. The summed E-state index contributed by atoms with van der Waals surface area (Å²) >= 11 is 1.30. The Kier molecular flexibility index (Phi) is 5.21. The minimum atomic E-state index is -0.493. The minimum absolute atomic E-state index is 0.346. The second kappa shape index (κ2) is 8.11. The van der Waals surface area contributed by atoms with E-state index in [1.807, 2.05) is 53.4 Å². The number of thioether (sulfide) groups is 1. The molecule has 0 bridgehead atoms. The summed E-state index contributed by atoms with van der Waals surface area (Å²) in [6.45, 7) is 0. The fraction of sp³-hybridized carbons (Fsp3) is 0.0500. The highest BCUT2D eigenvalue weighted by Gasteiger charge is 2.30. The third-order valence-corrected chi connectivity index (χ3v) is 5.32. The van der Waals surface area contributed by atoms with E-state index in [0.717, 1.165) is 11.4 Å². The molecule has 1 aliphatic rings. The molecular weight excluding hydrogens is 386 g/mol. The van der Waals surface area contributed by atoms with Crippen LogP contribution in [0.4, 0.5) is 28.7 Å². The predicted molar refractivity (Wildman–Crippen MR) is 117 cm³/mol. The number of primary amides is 1. The van der Waals surface area contributed by atoms with Gasteiger partial charge in [-0.1, -0.05) is 42.1 Å². The maximum absolute atomic E-state index is 11.7. The van der Waals surface area contributed by atoms with Crippen molar-refractivity contribution < 1.29 is 4.79 Å². The number of nitrogens with two attached hydrogens (primary N) is 2. The smallest absolute Gasteiger partial charge is 0.256 e. The Hall–Kier alpha value is -3.72. The second-order valence-corrected chi connectivity index (χ2v) is 7.34. The van der Waals surface area contributed by atoms with E-state index < -0.39 is 5.91 Å². The highest BCUT2D eigenvalue weighted by molar-refractivity contribution is 8.05. The Morgan fingerprint density at radius 1 is 1.03 bits per heavy atom. The molecule has 9 heteroatoms. The maximum atomic E-state index is 11.7. The quantitative estimate of drug-likeness (QED) is 0.462. The van der Waals surface area contributed by atoms with Crippen molar-refractivity contribution in [1.82, 2.24) is 9.97 Å². The summed E-state index contributed by atoms with van der Waals surface area (Å²) in [4.78, 5) is 22.6. The van der Waals surface area contributed by atoms with Crippen molar-refractivity contribution in [2.45, 2.75) is 5.50 Å². The summed E-state index contributed by atoms with van der Waals surface area (Å²) in [5, 5.41) is 6.54. The normalized spacial score (nSPS) is 15.7. The highest BCUT2D eigenvalue weighted by atomic mass is 32.2. The Morgan fingerprint density at radius 3 is 2.52 bits per heavy atom. The third-order valence-electron chi connectivity index (χ3n) is 4.19. The molecule has 1 aromatic heterocycles. The van der Waals surface area contributed by atoms with Crippen molar-refractivity contribution in [2.24, 2.45) is 5.73 Å². The summed E-state index contributed by atoms with van der Waals surface area (Å²) in [5.74, 6) is 0.744. The number of para-hydroxylation sites is 3. The molecule has 0 fully saturated rings. The van der Waals surface area contributed by atoms with Crippen LogP contribution in [-0.4, -0.2) is 21.4 Å². The van der Waals surface area contributed by atoms with Crippen LogP contribution in [0.1, 0.15) is 0 Å². The van der Waals surface area contributed by atoms with Crippen molar-refractivity contribution in [3.8, 4) is 0 Å². The lowest BCUT2D eigenvalue weighted by molar-refractivity contribution is -0.113. The molecule has 1 atom stereocenters. The van der Waals surface area contributed by atoms with E-state index in [9.17, 15) is 4.79 Å². The Labute approximate surface area is 172 Å². The van der Waals surface area contributed by atoms with Gasteiger partial charge in [-0.25, -0.2) is 9.97 Å². The predicted octanol–water partition coefficient (Wildman–Crippen LogP) is 3.08. The highest BCUT2D eigenvalue weighted by Crippen LogP contribution is 2.38. The molecule has 0 spiro atoms. The van der Waals surface area contributed by atoms with Crippen LogP contribution in [0.5, 0.6) is 0 Å². The monoisotopic (exact) mass is 405 g/mol. The van der Waals surface area contributed by atoms with Crippen LogP contribution in [0.3, 0.4) is 0 Å². The molecule has 0 saturated carbocycles. The summed E-state index contributed by atoms with van der Waals surface area (Å²) in [5.41, 5.74) is 13.6. The summed E-state index contributed by atoms with van der Waals surface area (Å²) in [7, 11) is 0. The van der Waals surface area contributed by atoms with Gasteiger partial charge in [0.1, 0.15) is 18.0 Å². The molecule has 3 aromatic rings. The number of amides is 1. The van der Waals surface area contributed by atoms with Crippen LogP contribution in [-0.2, 0) is 4.79 Å². The topological polar surface area (TPSA) is 122 Å². The SMILES string of the molecule is NC(=O)C1=CN(c2ccccc2N)C(Nc2cc(Nc3ccccc3)ncn2)S1. The molecule has 2 aromatic carbocycles. The van der Waals surface area contributed by atoms with Crippen molar-refractivity contribution in [1.29, 1.82) is 0 Å². The van der Waals surface area contributed by atoms with Gasteiger partial charge in [0.05, 0.1) is 16.3 Å². The fourth-order valence-corrected chi connectivity index (χ4v) is 3.84. The number of carbonyl (C=O) groups is 1. The first-order valence-electron chi connectivity index (χ1n) is 8.82. The molecule has 0 radical (unpaired) electrons. The van der Waals surface area contributed by atoms with Crippen LogP contribution in [0.2, 0.25) is 0 Å². The van der Waals surface area contributed by atoms with Crippen LogP contribution < -0.4 is 27.0 Å². The lowest BCUT2D eigenvalue weighted by Gasteiger charge is -2.27. The second-order valence-electron chi connectivity index (χ2n) is 6.22. The van der Waals surface area contributed by atoms with E-state index in [1.54, 1.807) is 18.3 Å². The number of nitrogen functional groups attached to an aromatic ring is 1. The van der Waals surface area contributed by atoms with Crippen LogP contribution >= 0.6 is 11.8 Å². The Bertz CT molecular complexity index is 1060. The number of nitrogens with one attached hydrogen (secondary N) is 2. The minimum Gasteiger partial charge on any atom is -0.397 e. The number of rotatable bonds is 6. The zero-order valence-electron chi connectivity index (χ0n) is 15.3. The van der Waals surface area contributed by atoms with Gasteiger partial charge in [0, 0.05) is 18.0 Å². The zero-order valence-corrected chi connectivity index (χ0v) is 16.1. The molecule has 6 N–H and O–H groups in total. The van der Waals surface area contributed by atoms with Gasteiger partial charge in [-0.15, -0.1) is 0 Å². The van der Waals surface area contributed by atoms with Crippen molar-refractivity contribution in [2.75, 3.05) is 21.3 Å². The third kappa shape index (κ3) is 4.25. The first kappa shape index (κ1) is 18.6. The lowest BCUT2D eigenvalue weighted by atomic mass is 10.2. The van der Waals surface area contributed by atoms with Crippen molar-refractivity contribution >= 4 is 46.4 Å². The molecule has 1 amide bonds. The van der Waals surface area contributed by atoms with Gasteiger partial charge >= 0.3 is 0 Å². The van der Waals surface area contributed by atoms with E-state index in [2.05, 4.69) is 20.6 Å². The molecule has 4 rings (SSSR count). The van der Waals surface area contributed by atoms with Gasteiger partial charge in [-0.3, -0.25) is 4.79 Å². The van der Waals surface area contributed by atoms with Gasteiger partial charge in [0.15, 0.2) is 5.50 Å². The summed E-state index contributed by atoms with van der Waals surface area (Å²) in [6.07, 6.45) is 3.16. The maximum Gasteiger partial charge on any atom is 0.256 e. The fourth-order valence-electron chi connectivity index (χ4n) is 2.84. The molecule has 1 unspecified atom stereocenters. The van der Waals surface area contributed by atoms with Crippen molar-refractivity contribution in [3.05, 3.63) is 78.1 Å². The van der Waals surface area contributed by atoms with Crippen LogP contribution in [0.15, 0.2) is 78.1 Å². The average Bonchev–Trinajstić information content (AvgIpc) is 3.13. The van der Waals surface area contributed by atoms with Crippen molar-refractivity contribution in [3.63, 3.8) is 0 Å². The van der Waals surface area contributed by atoms with Gasteiger partial charge in [0.2, 0.25) is 0 Å². The average molecular weight is 405 g/mol. The largest absolute Gasteiger partial charge is 0.397 e. The number of carbonyl (C=O) groups excluding carboxylic acids is 1. The van der Waals surface area contributed by atoms with Crippen LogP contribution in [0.25, 0.3) is 0 Å². The standard InChI is InChI=1S/C20H19N7OS/c21-14-8-4-5-9-15(14)27-11-16(19(22)28)29-20(27)26-18-10-17(23-12-24-18)25-13-6-2-1-3-7-13/h1-12,20H,21H2,(H2,22,28)(H2,23,24,25,26). The van der Waals surface area contributed by atoms with Crippen LogP contribution in [0, 0.1) is 0 Å². The van der Waals surface area contributed by atoms with E-state index in [4.69, 9.17) is 11.5 Å². The first-order chi connectivity index (χ1) is 14.1. The lowest BCUT2D eigenvalue weighted by Crippen LogP contribution is -2.32. The van der Waals surface area contributed by atoms with Gasteiger partial charge in [-0.05, 0) is 24.3 Å². The molecule has 1 aliphatic heterocycles. The molecular formula is C20H19N7OS. The van der Waals surface area contributed by atoms with E-state index in [0.29, 0.717) is 22.2 Å². The zero-order chi connectivity index (χ0) is 20.2. The molecule has 0 saturated heterocycles. The molecule has 8 nitrogen and oxygen atoms in total. The van der Waals surface area contributed by atoms with E-state index >= 15 is 0 Å². The first-order valence-corrected chi connectivity index (χ1v) is 9.70. The Morgan fingerprint density at radius 2 is 1.76 bits per heavy atom. The number of hydrogen-bond acceptors (Lipinski definition) is 8. The number of nitrogens with zero attached hydrogens (tertiary/aromatic N) is 3. The van der Waals surface area contributed by atoms with E-state index in [-0.39, 0.29) is 5.50 Å². The molecule has 2 heterocycles. The summed E-state index contributed by atoms with van der Waals surface area (Å²) in [6, 6.07) is 19.0. The van der Waals surface area contributed by atoms with Gasteiger partial charge in [0.25, 0.3) is 5.91 Å². The van der Waals surface area contributed by atoms with Gasteiger partial charge in [-0.2, -0.15) is 0 Å².